The van der Waals surface area contributed by atoms with Crippen LogP contribution in [0.3, 0.4) is 0 Å². The summed E-state index contributed by atoms with van der Waals surface area (Å²) in [6.07, 6.45) is 9.25. The molecule has 0 saturated heterocycles. The second kappa shape index (κ2) is 14.6. The Kier molecular flexibility index (Phi) is 10.7. The second-order valence-electron chi connectivity index (χ2n) is 15.9. The molecule has 276 valence electrons. The summed E-state index contributed by atoms with van der Waals surface area (Å²) in [4.78, 5) is 17.6. The summed E-state index contributed by atoms with van der Waals surface area (Å²) in [5.74, 6) is 1.24. The van der Waals surface area contributed by atoms with Gasteiger partial charge >= 0.3 is 5.97 Å². The molecule has 1 saturated carbocycles. The van der Waals surface area contributed by atoms with E-state index in [-0.39, 0.29) is 23.7 Å². The number of fused-ring (bicyclic) bond motifs is 3. The van der Waals surface area contributed by atoms with Crippen LogP contribution in [-0.4, -0.2) is 52.5 Å². The highest BCUT2D eigenvalue weighted by Crippen LogP contribution is 2.57. The highest BCUT2D eigenvalue weighted by Gasteiger charge is 2.54. The Balaban J connectivity index is 1.26. The summed E-state index contributed by atoms with van der Waals surface area (Å²) in [5, 5.41) is 14.5. The van der Waals surface area contributed by atoms with Gasteiger partial charge in [0.1, 0.15) is 22.6 Å². The summed E-state index contributed by atoms with van der Waals surface area (Å²) < 4.78 is 45.2. The molecule has 0 unspecified atom stereocenters. The largest absolute Gasteiger partial charge is 0.493 e. The number of carboxylic acid groups (broad SMARTS) is 1. The number of benzene rings is 2. The van der Waals surface area contributed by atoms with Crippen molar-refractivity contribution in [3.05, 3.63) is 82.1 Å². The number of hydrogen-bond donors (Lipinski definition) is 3. The van der Waals surface area contributed by atoms with E-state index in [9.17, 15) is 22.9 Å². The number of halogens is 1. The minimum atomic E-state index is -4.13. The van der Waals surface area contributed by atoms with Crippen LogP contribution in [0.25, 0.3) is 0 Å². The second-order valence-corrected chi connectivity index (χ2v) is 17.9. The lowest BCUT2D eigenvalue weighted by Gasteiger charge is -2.47. The van der Waals surface area contributed by atoms with Crippen molar-refractivity contribution >= 4 is 33.4 Å². The van der Waals surface area contributed by atoms with E-state index in [1.165, 1.54) is 16.7 Å². The maximum absolute atomic E-state index is 13.0. The van der Waals surface area contributed by atoms with Gasteiger partial charge in [-0.05, 0) is 142 Å². The van der Waals surface area contributed by atoms with Gasteiger partial charge in [-0.1, -0.05) is 37.6 Å². The van der Waals surface area contributed by atoms with Gasteiger partial charge < -0.3 is 19.9 Å². The van der Waals surface area contributed by atoms with E-state index < -0.39 is 33.0 Å². The smallest absolute Gasteiger partial charge is 0.329 e. The Morgan fingerprint density at radius 2 is 1.90 bits per heavy atom. The third-order valence-electron chi connectivity index (χ3n) is 11.6. The quantitative estimate of drug-likeness (QED) is 0.147. The number of rotatable bonds is 13. The Morgan fingerprint density at radius 1 is 1.14 bits per heavy atom. The molecule has 3 atom stereocenters. The molecule has 3 aromatic rings. The number of pyridine rings is 1. The van der Waals surface area contributed by atoms with E-state index in [1.54, 1.807) is 12.1 Å². The number of nitrogens with zero attached hydrogens (tertiary/aromatic N) is 1. The summed E-state index contributed by atoms with van der Waals surface area (Å²) in [6, 6.07) is 15.3. The predicted octanol–water partition coefficient (Wildman–Crippen LogP) is 8.63. The molecule has 0 aliphatic heterocycles. The summed E-state index contributed by atoms with van der Waals surface area (Å²) in [5.41, 5.74) is 3.25. The molecule has 51 heavy (non-hydrogen) atoms. The SMILES string of the molecule is C[C@@H](COc1ccnc2c1[C@H](C)CCC2)C[C@H]1Cc2ccc(OC(C)(C)CCS(=O)(=O)O)cc2C12CCC(Nc1cccc(Cl)c1)(C(=O)O)CC2. The third-order valence-corrected chi connectivity index (χ3v) is 12.6. The first-order chi connectivity index (χ1) is 24.1. The lowest BCUT2D eigenvalue weighted by Crippen LogP contribution is -2.53. The van der Waals surface area contributed by atoms with Crippen LogP contribution in [0.2, 0.25) is 5.02 Å². The number of ether oxygens (including phenoxy) is 2. The van der Waals surface area contributed by atoms with E-state index in [2.05, 4.69) is 36.3 Å². The van der Waals surface area contributed by atoms with Crippen molar-refractivity contribution in [2.24, 2.45) is 11.8 Å². The molecular formula is C40H51ClN2O7S. The molecule has 2 aromatic carbocycles. The van der Waals surface area contributed by atoms with Crippen LogP contribution in [0.15, 0.2) is 54.7 Å². The van der Waals surface area contributed by atoms with Gasteiger partial charge in [0.05, 0.1) is 12.4 Å². The Morgan fingerprint density at radius 3 is 2.61 bits per heavy atom. The first-order valence-corrected chi connectivity index (χ1v) is 20.2. The number of carbonyl (C=O) groups is 1. The molecule has 3 aliphatic carbocycles. The number of aliphatic carboxylic acids is 1. The van der Waals surface area contributed by atoms with Crippen molar-refractivity contribution in [2.45, 2.75) is 114 Å². The van der Waals surface area contributed by atoms with Gasteiger partial charge in [0, 0.05) is 34.6 Å². The van der Waals surface area contributed by atoms with E-state index in [0.29, 0.717) is 54.7 Å². The van der Waals surface area contributed by atoms with Crippen LogP contribution in [0, 0.1) is 11.8 Å². The fraction of sp³-hybridized carbons (Fsp3) is 0.550. The average molecular weight is 739 g/mol. The number of hydrogen-bond acceptors (Lipinski definition) is 7. The summed E-state index contributed by atoms with van der Waals surface area (Å²) >= 11 is 6.26. The minimum absolute atomic E-state index is 0.129. The van der Waals surface area contributed by atoms with Crippen molar-refractivity contribution in [3.8, 4) is 11.5 Å². The van der Waals surface area contributed by atoms with E-state index >= 15 is 0 Å². The molecule has 11 heteroatoms. The first kappa shape index (κ1) is 37.4. The van der Waals surface area contributed by atoms with Crippen molar-refractivity contribution < 1.29 is 32.3 Å². The summed E-state index contributed by atoms with van der Waals surface area (Å²) in [6.45, 7) is 8.71. The third kappa shape index (κ3) is 8.34. The normalized spacial score (nSPS) is 25.1. The lowest BCUT2D eigenvalue weighted by molar-refractivity contribution is -0.144. The Labute approximate surface area is 307 Å². The number of nitrogens with one attached hydrogen (secondary N) is 1. The van der Waals surface area contributed by atoms with Gasteiger partial charge in [0.15, 0.2) is 0 Å². The van der Waals surface area contributed by atoms with E-state index in [1.807, 2.05) is 44.3 Å². The Bertz CT molecular complexity index is 1850. The van der Waals surface area contributed by atoms with Gasteiger partial charge in [-0.25, -0.2) is 4.79 Å². The molecule has 1 fully saturated rings. The number of aryl methyl sites for hydroxylation is 1. The summed E-state index contributed by atoms with van der Waals surface area (Å²) in [7, 11) is -4.13. The van der Waals surface area contributed by atoms with E-state index in [4.69, 9.17) is 21.1 Å². The molecule has 1 aromatic heterocycles. The number of aromatic nitrogens is 1. The highest BCUT2D eigenvalue weighted by atomic mass is 35.5. The zero-order chi connectivity index (χ0) is 36.6. The fourth-order valence-corrected chi connectivity index (χ4v) is 9.82. The van der Waals surface area contributed by atoms with Gasteiger partial charge in [0.2, 0.25) is 0 Å². The lowest BCUT2D eigenvalue weighted by atomic mass is 9.59. The van der Waals surface area contributed by atoms with Gasteiger partial charge in [-0.2, -0.15) is 8.42 Å². The molecule has 0 bridgehead atoms. The van der Waals surface area contributed by atoms with E-state index in [0.717, 1.165) is 43.5 Å². The monoisotopic (exact) mass is 738 g/mol. The fourth-order valence-electron chi connectivity index (χ4n) is 8.89. The molecule has 1 spiro atoms. The molecule has 9 nitrogen and oxygen atoms in total. The van der Waals surface area contributed by atoms with Crippen LogP contribution in [0.4, 0.5) is 5.69 Å². The van der Waals surface area contributed by atoms with Gasteiger partial charge in [-0.15, -0.1) is 0 Å². The molecule has 1 heterocycles. The van der Waals surface area contributed by atoms with Crippen molar-refractivity contribution in [1.29, 1.82) is 0 Å². The average Bonchev–Trinajstić information content (AvgIpc) is 3.35. The van der Waals surface area contributed by atoms with Crippen LogP contribution in [-0.2, 0) is 33.2 Å². The maximum Gasteiger partial charge on any atom is 0.329 e. The number of carboxylic acids is 1. The predicted molar refractivity (Wildman–Crippen MR) is 200 cm³/mol. The molecular weight excluding hydrogens is 688 g/mol. The van der Waals surface area contributed by atoms with Crippen LogP contribution in [0.1, 0.15) is 107 Å². The first-order valence-electron chi connectivity index (χ1n) is 18.2. The van der Waals surface area contributed by atoms with Crippen molar-refractivity contribution in [3.63, 3.8) is 0 Å². The van der Waals surface area contributed by atoms with Crippen LogP contribution in [0.5, 0.6) is 11.5 Å². The molecule has 3 N–H and O–H groups in total. The van der Waals surface area contributed by atoms with Gasteiger partial charge in [0.25, 0.3) is 10.1 Å². The van der Waals surface area contributed by atoms with Crippen LogP contribution < -0.4 is 14.8 Å². The molecule has 6 rings (SSSR count). The van der Waals surface area contributed by atoms with Crippen molar-refractivity contribution in [2.75, 3.05) is 17.7 Å². The molecule has 0 radical (unpaired) electrons. The van der Waals surface area contributed by atoms with Crippen molar-refractivity contribution in [1.82, 2.24) is 4.98 Å². The zero-order valence-corrected chi connectivity index (χ0v) is 31.7. The molecule has 3 aliphatic rings. The van der Waals surface area contributed by atoms with Gasteiger partial charge in [-0.3, -0.25) is 9.54 Å². The molecule has 0 amide bonds. The standard InChI is InChI=1S/C40H51ClN2O7S/c1-26(25-49-35-13-19-42-34-10-5-7-27(2)36(34)35)21-29-22-28-11-12-32(50-38(3,4)18-20-51(46,47)48)24-33(28)39(29)14-16-40(17-15-39,37(44)45)43-31-9-6-8-30(41)23-31/h6,8-9,11-13,19,23-24,26-27,29,43H,5,7,10,14-18,20-22,25H2,1-4H3,(H,44,45)(H,46,47,48)/t26-,27-,29+,39?,40?/m1/s1. The topological polar surface area (TPSA) is 135 Å². The van der Waals surface area contributed by atoms with Crippen LogP contribution >= 0.6 is 11.6 Å². The number of anilines is 1. The maximum atomic E-state index is 13.0. The minimum Gasteiger partial charge on any atom is -0.493 e. The highest BCUT2D eigenvalue weighted by molar-refractivity contribution is 7.85. The Hall–Kier alpha value is -3.34. The zero-order valence-electron chi connectivity index (χ0n) is 30.1.